The summed E-state index contributed by atoms with van der Waals surface area (Å²) in [6, 6.07) is 18.0. The number of imidazole rings is 1. The standard InChI is InChI=1S/C40H57ClN4O4/c1-7-12-24-45-36-28-34(47-25-13-22-43(8-2)9-3)30-38(49-26-14-23-44(10-4)11-5)39(36)42-40(45)35-20-19-33(29-37(35)46-6)48-27-21-31-15-17-32(41)18-16-31/h15-20,28-30H,7-14,21-27H2,1-6H3. The summed E-state index contributed by atoms with van der Waals surface area (Å²) in [7, 11) is 1.70. The molecule has 1 aromatic heterocycles. The van der Waals surface area contributed by atoms with Crippen molar-refractivity contribution in [2.75, 3.05) is 66.2 Å². The summed E-state index contributed by atoms with van der Waals surface area (Å²) in [4.78, 5) is 10.1. The van der Waals surface area contributed by atoms with Crippen molar-refractivity contribution < 1.29 is 18.9 Å². The predicted octanol–water partition coefficient (Wildman–Crippen LogP) is 9.01. The maximum atomic E-state index is 6.50. The highest BCUT2D eigenvalue weighted by atomic mass is 35.5. The number of unbranched alkanes of at least 4 members (excludes halogenated alkanes) is 1. The lowest BCUT2D eigenvalue weighted by Crippen LogP contribution is -2.25. The average molecular weight is 693 g/mol. The molecule has 0 bridgehead atoms. The van der Waals surface area contributed by atoms with Gasteiger partial charge in [0.2, 0.25) is 0 Å². The minimum Gasteiger partial charge on any atom is -0.496 e. The van der Waals surface area contributed by atoms with Gasteiger partial charge in [-0.3, -0.25) is 0 Å². The van der Waals surface area contributed by atoms with E-state index in [0.29, 0.717) is 25.6 Å². The number of aromatic nitrogens is 2. The van der Waals surface area contributed by atoms with Crippen LogP contribution >= 0.6 is 11.6 Å². The lowest BCUT2D eigenvalue weighted by Gasteiger charge is -2.18. The second-order valence-electron chi connectivity index (χ2n) is 12.3. The van der Waals surface area contributed by atoms with Crippen LogP contribution in [0.4, 0.5) is 0 Å². The molecule has 0 radical (unpaired) electrons. The first-order chi connectivity index (χ1) is 23.9. The van der Waals surface area contributed by atoms with Gasteiger partial charge in [0, 0.05) is 49.3 Å². The van der Waals surface area contributed by atoms with Crippen LogP contribution in [0, 0.1) is 0 Å². The molecule has 0 aliphatic rings. The lowest BCUT2D eigenvalue weighted by molar-refractivity contribution is 0.243. The van der Waals surface area contributed by atoms with Gasteiger partial charge in [0.1, 0.15) is 28.6 Å². The molecule has 8 nitrogen and oxygen atoms in total. The van der Waals surface area contributed by atoms with Crippen LogP contribution < -0.4 is 18.9 Å². The first-order valence-electron chi connectivity index (χ1n) is 18.2. The van der Waals surface area contributed by atoms with Crippen molar-refractivity contribution in [2.24, 2.45) is 0 Å². The zero-order valence-corrected chi connectivity index (χ0v) is 31.4. The zero-order chi connectivity index (χ0) is 35.0. The number of aryl methyl sites for hydroxylation is 1. The van der Waals surface area contributed by atoms with E-state index >= 15 is 0 Å². The van der Waals surface area contributed by atoms with Crippen LogP contribution in [0.15, 0.2) is 54.6 Å². The number of nitrogens with zero attached hydrogens (tertiary/aromatic N) is 4. The van der Waals surface area contributed by atoms with Crippen molar-refractivity contribution in [3.05, 3.63) is 65.2 Å². The number of hydrogen-bond acceptors (Lipinski definition) is 7. The number of halogens is 1. The van der Waals surface area contributed by atoms with E-state index in [1.165, 1.54) is 5.56 Å². The third-order valence-electron chi connectivity index (χ3n) is 9.07. The number of ether oxygens (including phenoxy) is 4. The maximum absolute atomic E-state index is 6.50. The van der Waals surface area contributed by atoms with Crippen LogP contribution in [-0.2, 0) is 13.0 Å². The van der Waals surface area contributed by atoms with E-state index in [1.54, 1.807) is 7.11 Å². The van der Waals surface area contributed by atoms with E-state index in [9.17, 15) is 0 Å². The molecule has 0 aliphatic carbocycles. The third kappa shape index (κ3) is 11.0. The number of methoxy groups -OCH3 is 1. The summed E-state index contributed by atoms with van der Waals surface area (Å²) in [5, 5.41) is 0.735. The highest BCUT2D eigenvalue weighted by Gasteiger charge is 2.21. The van der Waals surface area contributed by atoms with Gasteiger partial charge in [-0.1, -0.05) is 64.8 Å². The van der Waals surface area contributed by atoms with E-state index in [1.807, 2.05) is 42.5 Å². The van der Waals surface area contributed by atoms with Gasteiger partial charge in [0.25, 0.3) is 0 Å². The predicted molar refractivity (Wildman–Crippen MR) is 203 cm³/mol. The Kier molecular flexibility index (Phi) is 15.9. The van der Waals surface area contributed by atoms with Gasteiger partial charge in [-0.25, -0.2) is 4.98 Å². The summed E-state index contributed by atoms with van der Waals surface area (Å²) >= 11 is 6.05. The largest absolute Gasteiger partial charge is 0.496 e. The summed E-state index contributed by atoms with van der Waals surface area (Å²) in [5.74, 6) is 3.88. The molecular formula is C40H57ClN4O4. The van der Waals surface area contributed by atoms with Crippen molar-refractivity contribution in [1.29, 1.82) is 0 Å². The Bertz CT molecular complexity index is 1550. The van der Waals surface area contributed by atoms with Crippen LogP contribution in [0.5, 0.6) is 23.0 Å². The fraction of sp³-hybridized carbons (Fsp3) is 0.525. The van der Waals surface area contributed by atoms with Gasteiger partial charge in [-0.15, -0.1) is 0 Å². The molecular weight excluding hydrogens is 636 g/mol. The van der Waals surface area contributed by atoms with Crippen molar-refractivity contribution in [3.63, 3.8) is 0 Å². The molecule has 268 valence electrons. The number of rotatable bonds is 23. The minimum absolute atomic E-state index is 0.547. The number of benzene rings is 3. The quantitative estimate of drug-likeness (QED) is 0.0719. The lowest BCUT2D eigenvalue weighted by atomic mass is 10.1. The molecule has 0 spiro atoms. The Morgan fingerprint density at radius 3 is 1.96 bits per heavy atom. The van der Waals surface area contributed by atoms with E-state index in [2.05, 4.69) is 61.1 Å². The van der Waals surface area contributed by atoms with Gasteiger partial charge < -0.3 is 33.3 Å². The van der Waals surface area contributed by atoms with Gasteiger partial charge >= 0.3 is 0 Å². The topological polar surface area (TPSA) is 61.2 Å². The Balaban J connectivity index is 1.64. The third-order valence-corrected chi connectivity index (χ3v) is 9.32. The number of hydrogen-bond donors (Lipinski definition) is 0. The van der Waals surface area contributed by atoms with Crippen molar-refractivity contribution in [3.8, 4) is 34.4 Å². The molecule has 9 heteroatoms. The second-order valence-corrected chi connectivity index (χ2v) is 12.7. The second kappa shape index (κ2) is 20.3. The highest BCUT2D eigenvalue weighted by molar-refractivity contribution is 6.30. The normalized spacial score (nSPS) is 11.5. The fourth-order valence-electron chi connectivity index (χ4n) is 6.02. The highest BCUT2D eigenvalue weighted by Crippen LogP contribution is 2.39. The number of fused-ring (bicyclic) bond motifs is 1. The van der Waals surface area contributed by atoms with E-state index in [-0.39, 0.29) is 0 Å². The Morgan fingerprint density at radius 2 is 1.33 bits per heavy atom. The van der Waals surface area contributed by atoms with Crippen molar-refractivity contribution in [1.82, 2.24) is 19.4 Å². The fourth-order valence-corrected chi connectivity index (χ4v) is 6.15. The molecule has 0 N–H and O–H groups in total. The first kappa shape index (κ1) is 38.3. The molecule has 0 saturated carbocycles. The van der Waals surface area contributed by atoms with E-state index in [0.717, 1.165) is 123 Å². The van der Waals surface area contributed by atoms with Crippen LogP contribution in [0.25, 0.3) is 22.4 Å². The van der Waals surface area contributed by atoms with E-state index < -0.39 is 0 Å². The molecule has 0 unspecified atom stereocenters. The molecule has 0 fully saturated rings. The van der Waals surface area contributed by atoms with Crippen molar-refractivity contribution in [2.45, 2.75) is 73.3 Å². The Morgan fingerprint density at radius 1 is 0.694 bits per heavy atom. The summed E-state index contributed by atoms with van der Waals surface area (Å²) in [5.41, 5.74) is 3.94. The molecule has 0 atom stereocenters. The SMILES string of the molecule is CCCCn1c(-c2ccc(OCCc3ccc(Cl)cc3)cc2OC)nc2c(OCCCN(CC)CC)cc(OCCCN(CC)CC)cc21. The van der Waals surface area contributed by atoms with Gasteiger partial charge in [0.15, 0.2) is 5.75 Å². The molecule has 0 amide bonds. The van der Waals surface area contributed by atoms with Crippen LogP contribution in [0.2, 0.25) is 5.02 Å². The molecule has 4 rings (SSSR count). The Labute approximate surface area is 299 Å². The van der Waals surface area contributed by atoms with Gasteiger partial charge in [-0.2, -0.15) is 0 Å². The summed E-state index contributed by atoms with van der Waals surface area (Å²) in [6.45, 7) is 19.8. The van der Waals surface area contributed by atoms with Gasteiger partial charge in [0.05, 0.1) is 38.0 Å². The van der Waals surface area contributed by atoms with E-state index in [4.69, 9.17) is 35.5 Å². The Hall–Kier alpha value is -3.46. The molecule has 3 aromatic carbocycles. The van der Waals surface area contributed by atoms with Crippen LogP contribution in [0.1, 0.15) is 65.9 Å². The van der Waals surface area contributed by atoms with Crippen LogP contribution in [0.3, 0.4) is 0 Å². The minimum atomic E-state index is 0.547. The molecule has 49 heavy (non-hydrogen) atoms. The van der Waals surface area contributed by atoms with Crippen molar-refractivity contribution >= 4 is 22.6 Å². The molecule has 4 aromatic rings. The summed E-state index contributed by atoms with van der Waals surface area (Å²) in [6.07, 6.45) is 4.76. The molecule has 1 heterocycles. The monoisotopic (exact) mass is 692 g/mol. The smallest absolute Gasteiger partial charge is 0.150 e. The zero-order valence-electron chi connectivity index (χ0n) is 30.6. The molecule has 0 aliphatic heterocycles. The van der Waals surface area contributed by atoms with Gasteiger partial charge in [-0.05, 0) is 75.3 Å². The maximum Gasteiger partial charge on any atom is 0.150 e. The average Bonchev–Trinajstić information content (AvgIpc) is 3.49. The molecule has 0 saturated heterocycles. The van der Waals surface area contributed by atoms with Crippen LogP contribution in [-0.4, -0.2) is 85.5 Å². The summed E-state index contributed by atoms with van der Waals surface area (Å²) < 4.78 is 27.3. The first-order valence-corrected chi connectivity index (χ1v) is 18.6.